The van der Waals surface area contributed by atoms with Crippen LogP contribution in [-0.2, 0) is 14.8 Å². The van der Waals surface area contributed by atoms with Crippen molar-refractivity contribution >= 4 is 43.5 Å². The van der Waals surface area contributed by atoms with Gasteiger partial charge in [-0.25, -0.2) is 17.9 Å². The normalized spacial score (nSPS) is 14.9. The molecule has 0 aliphatic carbocycles. The van der Waals surface area contributed by atoms with Crippen molar-refractivity contribution < 1.29 is 23.4 Å². The number of carboxylic acid groups (broad SMARTS) is 1. The Hall–Kier alpha value is -0.670. The van der Waals surface area contributed by atoms with E-state index in [1.54, 1.807) is 0 Å². The Morgan fingerprint density at radius 1 is 1.53 bits per heavy atom. The Balaban J connectivity index is 3.00. The maximum atomic E-state index is 12.0. The number of halogens is 2. The molecule has 0 aliphatic rings. The van der Waals surface area contributed by atoms with E-state index in [0.717, 1.165) is 6.92 Å². The van der Waals surface area contributed by atoms with Crippen LogP contribution in [0.3, 0.4) is 0 Å². The number of sulfonamides is 1. The van der Waals surface area contributed by atoms with E-state index in [2.05, 4.69) is 15.9 Å². The fraction of sp³-hybridized carbons (Fsp3) is 0.300. The minimum absolute atomic E-state index is 0.138. The first-order valence-electron chi connectivity index (χ1n) is 4.97. The quantitative estimate of drug-likeness (QED) is 0.721. The van der Waals surface area contributed by atoms with Gasteiger partial charge in [-0.15, -0.1) is 0 Å². The minimum Gasteiger partial charge on any atom is -0.479 e. The highest BCUT2D eigenvalue weighted by Crippen LogP contribution is 2.25. The molecule has 3 N–H and O–H groups in total. The summed E-state index contributed by atoms with van der Waals surface area (Å²) in [7, 11) is -3.98. The highest BCUT2D eigenvalue weighted by atomic mass is 79.9. The van der Waals surface area contributed by atoms with Gasteiger partial charge in [0.2, 0.25) is 10.0 Å². The molecule has 1 rings (SSSR count). The maximum Gasteiger partial charge on any atom is 0.336 e. The van der Waals surface area contributed by atoms with Crippen molar-refractivity contribution in [3.8, 4) is 0 Å². The van der Waals surface area contributed by atoms with Gasteiger partial charge in [0.1, 0.15) is 0 Å². The molecular formula is C10H11BrClNO5S. The predicted octanol–water partition coefficient (Wildman–Crippen LogP) is 1.22. The van der Waals surface area contributed by atoms with Gasteiger partial charge >= 0.3 is 5.97 Å². The van der Waals surface area contributed by atoms with E-state index in [1.807, 2.05) is 4.72 Å². The zero-order valence-electron chi connectivity index (χ0n) is 9.72. The largest absolute Gasteiger partial charge is 0.479 e. The van der Waals surface area contributed by atoms with Crippen molar-refractivity contribution in [1.29, 1.82) is 0 Å². The molecule has 0 amide bonds. The lowest BCUT2D eigenvalue weighted by Gasteiger charge is -2.18. The van der Waals surface area contributed by atoms with Gasteiger partial charge in [-0.05, 0) is 41.1 Å². The summed E-state index contributed by atoms with van der Waals surface area (Å²) in [4.78, 5) is 10.5. The molecule has 0 fully saturated rings. The Kier molecular flexibility index (Phi) is 4.97. The number of nitrogens with one attached hydrogen (secondary N) is 1. The van der Waals surface area contributed by atoms with Crippen molar-refractivity contribution in [1.82, 2.24) is 4.72 Å². The van der Waals surface area contributed by atoms with Crippen LogP contribution < -0.4 is 4.72 Å². The van der Waals surface area contributed by atoms with Crippen molar-refractivity contribution in [3.05, 3.63) is 27.7 Å². The molecule has 1 aromatic rings. The number of hydrogen-bond acceptors (Lipinski definition) is 4. The second kappa shape index (κ2) is 5.76. The number of hydrogen-bond donors (Lipinski definition) is 3. The molecule has 9 heteroatoms. The van der Waals surface area contributed by atoms with Crippen LogP contribution in [-0.4, -0.2) is 36.7 Å². The molecule has 0 saturated carbocycles. The summed E-state index contributed by atoms with van der Waals surface area (Å²) in [6.45, 7) is 0.328. The van der Waals surface area contributed by atoms with E-state index in [-0.39, 0.29) is 14.4 Å². The first kappa shape index (κ1) is 16.4. The standard InChI is InChI=1S/C10H11BrClNO5S/c1-10(16,9(14)15)5-13-19(17,18)8-4-6(12)2-3-7(8)11/h2-4,13,16H,5H2,1H3,(H,14,15). The minimum atomic E-state index is -3.98. The number of rotatable bonds is 5. The lowest BCUT2D eigenvalue weighted by molar-refractivity contribution is -0.155. The number of aliphatic hydroxyl groups is 1. The van der Waals surface area contributed by atoms with Gasteiger partial charge in [-0.1, -0.05) is 11.6 Å². The van der Waals surface area contributed by atoms with Crippen molar-refractivity contribution in [2.75, 3.05) is 6.54 Å². The number of aliphatic carboxylic acids is 1. The van der Waals surface area contributed by atoms with E-state index in [0.29, 0.717) is 0 Å². The summed E-state index contributed by atoms with van der Waals surface area (Å²) in [5.74, 6) is -1.53. The molecular weight excluding hydrogens is 362 g/mol. The van der Waals surface area contributed by atoms with Crippen LogP contribution in [0.5, 0.6) is 0 Å². The van der Waals surface area contributed by atoms with Crippen molar-refractivity contribution in [2.24, 2.45) is 0 Å². The first-order valence-corrected chi connectivity index (χ1v) is 7.62. The van der Waals surface area contributed by atoms with Crippen LogP contribution in [0.15, 0.2) is 27.6 Å². The third-order valence-corrected chi connectivity index (χ3v) is 4.88. The van der Waals surface area contributed by atoms with Crippen molar-refractivity contribution in [2.45, 2.75) is 17.4 Å². The van der Waals surface area contributed by atoms with Gasteiger partial charge in [0.05, 0.1) is 11.4 Å². The van der Waals surface area contributed by atoms with Gasteiger partial charge < -0.3 is 10.2 Å². The average molecular weight is 373 g/mol. The Bertz CT molecular complexity index is 602. The monoisotopic (exact) mass is 371 g/mol. The molecule has 0 heterocycles. The molecule has 0 aromatic heterocycles. The van der Waals surface area contributed by atoms with Gasteiger partial charge in [0.15, 0.2) is 5.60 Å². The van der Waals surface area contributed by atoms with E-state index < -0.39 is 28.1 Å². The zero-order valence-corrected chi connectivity index (χ0v) is 12.9. The lowest BCUT2D eigenvalue weighted by Crippen LogP contribution is -2.46. The van der Waals surface area contributed by atoms with Crippen molar-refractivity contribution in [3.63, 3.8) is 0 Å². The maximum absolute atomic E-state index is 12.0. The summed E-state index contributed by atoms with van der Waals surface area (Å²) in [6, 6.07) is 4.16. The number of carboxylic acids is 1. The smallest absolute Gasteiger partial charge is 0.336 e. The third-order valence-electron chi connectivity index (χ3n) is 2.25. The molecule has 1 atom stereocenters. The van der Waals surface area contributed by atoms with E-state index in [1.165, 1.54) is 18.2 Å². The highest BCUT2D eigenvalue weighted by molar-refractivity contribution is 9.10. The van der Waals surface area contributed by atoms with Crippen LogP contribution in [0.2, 0.25) is 5.02 Å². The second-order valence-corrected chi connectivity index (χ2v) is 7.00. The highest BCUT2D eigenvalue weighted by Gasteiger charge is 2.32. The average Bonchev–Trinajstić information content (AvgIpc) is 2.30. The summed E-state index contributed by atoms with van der Waals surface area (Å²) in [6.07, 6.45) is 0. The molecule has 6 nitrogen and oxygen atoms in total. The summed E-state index contributed by atoms with van der Waals surface area (Å²) >= 11 is 8.77. The topological polar surface area (TPSA) is 104 Å². The van der Waals surface area contributed by atoms with Gasteiger partial charge in [0.25, 0.3) is 0 Å². The van der Waals surface area contributed by atoms with Crippen LogP contribution in [0.4, 0.5) is 0 Å². The number of benzene rings is 1. The lowest BCUT2D eigenvalue weighted by atomic mass is 10.1. The zero-order chi connectivity index (χ0) is 14.8. The van der Waals surface area contributed by atoms with Crippen LogP contribution >= 0.6 is 27.5 Å². The summed E-state index contributed by atoms with van der Waals surface area (Å²) in [5.41, 5.74) is -2.20. The fourth-order valence-corrected chi connectivity index (χ4v) is 3.43. The van der Waals surface area contributed by atoms with Crippen LogP contribution in [0, 0.1) is 0 Å². The fourth-order valence-electron chi connectivity index (χ4n) is 1.07. The third kappa shape index (κ3) is 4.15. The van der Waals surface area contributed by atoms with Crippen LogP contribution in [0.25, 0.3) is 0 Å². The Morgan fingerprint density at radius 3 is 2.63 bits per heavy atom. The molecule has 0 bridgehead atoms. The summed E-state index contributed by atoms with van der Waals surface area (Å²) < 4.78 is 26.2. The molecule has 1 aromatic carbocycles. The van der Waals surface area contributed by atoms with Gasteiger partial charge in [-0.3, -0.25) is 0 Å². The molecule has 19 heavy (non-hydrogen) atoms. The van der Waals surface area contributed by atoms with Crippen LogP contribution in [0.1, 0.15) is 6.92 Å². The first-order chi connectivity index (χ1) is 8.56. The predicted molar refractivity (Wildman–Crippen MR) is 72.6 cm³/mol. The molecule has 1 unspecified atom stereocenters. The van der Waals surface area contributed by atoms with E-state index in [9.17, 15) is 18.3 Å². The SMILES string of the molecule is CC(O)(CNS(=O)(=O)c1cc(Cl)ccc1Br)C(=O)O. The summed E-state index contributed by atoms with van der Waals surface area (Å²) in [5, 5.41) is 18.4. The van der Waals surface area contributed by atoms with Gasteiger partial charge in [0, 0.05) is 9.50 Å². The molecule has 0 aliphatic heterocycles. The number of carbonyl (C=O) groups is 1. The van der Waals surface area contributed by atoms with E-state index in [4.69, 9.17) is 16.7 Å². The Morgan fingerprint density at radius 2 is 2.11 bits per heavy atom. The van der Waals surface area contributed by atoms with E-state index >= 15 is 0 Å². The molecule has 106 valence electrons. The Labute approximate surface area is 123 Å². The van der Waals surface area contributed by atoms with Gasteiger partial charge in [-0.2, -0.15) is 0 Å². The molecule has 0 radical (unpaired) electrons. The second-order valence-electron chi connectivity index (χ2n) is 3.98. The molecule has 0 saturated heterocycles. The molecule has 0 spiro atoms.